The van der Waals surface area contributed by atoms with Crippen LogP contribution in [-0.2, 0) is 11.3 Å². The zero-order chi connectivity index (χ0) is 18.2. The molecule has 0 spiro atoms. The summed E-state index contributed by atoms with van der Waals surface area (Å²) in [5.41, 5.74) is 0.938. The summed E-state index contributed by atoms with van der Waals surface area (Å²) in [5.74, 6) is 1.98. The molecule has 0 aliphatic carbocycles. The minimum Gasteiger partial charge on any atom is -0.490 e. The van der Waals surface area contributed by atoms with Gasteiger partial charge in [0, 0.05) is 25.4 Å². The molecule has 0 bridgehead atoms. The fourth-order valence-corrected chi connectivity index (χ4v) is 2.91. The number of carbonyl (C=O) groups excluding carboxylic acids is 1. The van der Waals surface area contributed by atoms with Crippen molar-refractivity contribution in [3.8, 4) is 17.4 Å². The Morgan fingerprint density at radius 3 is 2.81 bits per heavy atom. The standard InChI is InChI=1S/C20H25N3O3/c1-2-25-17-7-3-4-8-18(17)26-19-10-9-15(12-22-19)13-23-20(24)16-6-5-11-21-14-16/h3-4,7-10,12,16,21H,2,5-6,11,13-14H2,1H3,(H,23,24). The third-order valence-electron chi connectivity index (χ3n) is 4.30. The van der Waals surface area contributed by atoms with Gasteiger partial charge in [-0.3, -0.25) is 4.79 Å². The lowest BCUT2D eigenvalue weighted by Crippen LogP contribution is -2.40. The Labute approximate surface area is 153 Å². The number of carbonyl (C=O) groups is 1. The zero-order valence-corrected chi connectivity index (χ0v) is 15.0. The van der Waals surface area contributed by atoms with Crippen molar-refractivity contribution in [1.82, 2.24) is 15.6 Å². The highest BCUT2D eigenvalue weighted by molar-refractivity contribution is 5.78. The van der Waals surface area contributed by atoms with E-state index >= 15 is 0 Å². The second-order valence-electron chi connectivity index (χ2n) is 6.25. The number of piperidine rings is 1. The van der Waals surface area contributed by atoms with E-state index in [1.165, 1.54) is 0 Å². The number of hydrogen-bond donors (Lipinski definition) is 2. The summed E-state index contributed by atoms with van der Waals surface area (Å²) < 4.78 is 11.4. The molecule has 138 valence electrons. The molecule has 2 heterocycles. The van der Waals surface area contributed by atoms with E-state index in [2.05, 4.69) is 15.6 Å². The smallest absolute Gasteiger partial charge is 0.224 e. The molecule has 1 unspecified atom stereocenters. The third-order valence-corrected chi connectivity index (χ3v) is 4.30. The van der Waals surface area contributed by atoms with E-state index < -0.39 is 0 Å². The van der Waals surface area contributed by atoms with Crippen LogP contribution in [0.2, 0.25) is 0 Å². The normalized spacial score (nSPS) is 16.7. The summed E-state index contributed by atoms with van der Waals surface area (Å²) >= 11 is 0. The highest BCUT2D eigenvalue weighted by Gasteiger charge is 2.20. The van der Waals surface area contributed by atoms with Crippen LogP contribution in [0.15, 0.2) is 42.6 Å². The van der Waals surface area contributed by atoms with Crippen LogP contribution in [0.4, 0.5) is 0 Å². The van der Waals surface area contributed by atoms with Crippen LogP contribution in [-0.4, -0.2) is 30.6 Å². The first kappa shape index (κ1) is 18.2. The lowest BCUT2D eigenvalue weighted by atomic mass is 9.99. The maximum atomic E-state index is 12.2. The van der Waals surface area contributed by atoms with Gasteiger partial charge in [0.25, 0.3) is 0 Å². The highest BCUT2D eigenvalue weighted by atomic mass is 16.5. The molecule has 1 fully saturated rings. The molecule has 1 aliphatic rings. The largest absolute Gasteiger partial charge is 0.490 e. The van der Waals surface area contributed by atoms with Gasteiger partial charge in [0.1, 0.15) is 0 Å². The number of pyridine rings is 1. The molecule has 0 saturated carbocycles. The summed E-state index contributed by atoms with van der Waals surface area (Å²) in [4.78, 5) is 16.5. The van der Waals surface area contributed by atoms with Crippen LogP contribution in [0.5, 0.6) is 17.4 Å². The van der Waals surface area contributed by atoms with Crippen LogP contribution in [0, 0.1) is 5.92 Å². The number of hydrogen-bond acceptors (Lipinski definition) is 5. The third kappa shape index (κ3) is 4.95. The molecule has 6 heteroatoms. The summed E-state index contributed by atoms with van der Waals surface area (Å²) in [6.07, 6.45) is 3.72. The summed E-state index contributed by atoms with van der Waals surface area (Å²) in [6.45, 7) is 4.74. The molecule has 0 radical (unpaired) electrons. The topological polar surface area (TPSA) is 72.5 Å². The second kappa shape index (κ2) is 9.20. The summed E-state index contributed by atoms with van der Waals surface area (Å²) in [6, 6.07) is 11.2. The number of ether oxygens (including phenoxy) is 2. The van der Waals surface area contributed by atoms with Crippen molar-refractivity contribution in [2.24, 2.45) is 5.92 Å². The molecular weight excluding hydrogens is 330 g/mol. The van der Waals surface area contributed by atoms with E-state index in [0.717, 1.165) is 31.5 Å². The zero-order valence-electron chi connectivity index (χ0n) is 15.0. The van der Waals surface area contributed by atoms with Gasteiger partial charge in [0.15, 0.2) is 11.5 Å². The molecule has 2 aromatic rings. The molecular formula is C20H25N3O3. The monoisotopic (exact) mass is 355 g/mol. The minimum atomic E-state index is 0.0642. The maximum Gasteiger partial charge on any atom is 0.224 e. The number of benzene rings is 1. The van der Waals surface area contributed by atoms with Crippen LogP contribution in [0.3, 0.4) is 0 Å². The van der Waals surface area contributed by atoms with Gasteiger partial charge in [-0.05, 0) is 44.0 Å². The molecule has 26 heavy (non-hydrogen) atoms. The molecule has 1 amide bonds. The Morgan fingerprint density at radius 1 is 1.27 bits per heavy atom. The molecule has 1 aromatic heterocycles. The van der Waals surface area contributed by atoms with Crippen molar-refractivity contribution in [3.63, 3.8) is 0 Å². The Morgan fingerprint density at radius 2 is 2.12 bits per heavy atom. The average Bonchev–Trinajstić information content (AvgIpc) is 2.69. The Hall–Kier alpha value is -2.60. The number of rotatable bonds is 7. The van der Waals surface area contributed by atoms with Gasteiger partial charge < -0.3 is 20.1 Å². The summed E-state index contributed by atoms with van der Waals surface area (Å²) in [7, 11) is 0. The quantitative estimate of drug-likeness (QED) is 0.799. The van der Waals surface area contributed by atoms with Gasteiger partial charge >= 0.3 is 0 Å². The van der Waals surface area contributed by atoms with E-state index in [1.54, 1.807) is 12.3 Å². The molecule has 1 aliphatic heterocycles. The van der Waals surface area contributed by atoms with Crippen LogP contribution >= 0.6 is 0 Å². The molecule has 1 saturated heterocycles. The van der Waals surface area contributed by atoms with Crippen molar-refractivity contribution in [1.29, 1.82) is 0 Å². The first-order chi connectivity index (χ1) is 12.8. The Kier molecular flexibility index (Phi) is 6.44. The number of aromatic nitrogens is 1. The van der Waals surface area contributed by atoms with E-state index in [4.69, 9.17) is 9.47 Å². The molecule has 3 rings (SSSR count). The fraction of sp³-hybridized carbons (Fsp3) is 0.400. The molecule has 2 N–H and O–H groups in total. The molecule has 6 nitrogen and oxygen atoms in total. The van der Waals surface area contributed by atoms with Crippen molar-refractivity contribution >= 4 is 5.91 Å². The number of amides is 1. The highest BCUT2D eigenvalue weighted by Crippen LogP contribution is 2.30. The molecule has 1 aromatic carbocycles. The SMILES string of the molecule is CCOc1ccccc1Oc1ccc(CNC(=O)C2CCCNC2)cn1. The van der Waals surface area contributed by atoms with Crippen LogP contribution < -0.4 is 20.1 Å². The van der Waals surface area contributed by atoms with E-state index in [0.29, 0.717) is 30.5 Å². The van der Waals surface area contributed by atoms with E-state index in [1.807, 2.05) is 37.3 Å². The number of nitrogens with zero attached hydrogens (tertiary/aromatic N) is 1. The van der Waals surface area contributed by atoms with Crippen molar-refractivity contribution in [3.05, 3.63) is 48.2 Å². The van der Waals surface area contributed by atoms with Gasteiger partial charge in [-0.25, -0.2) is 4.98 Å². The Balaban J connectivity index is 1.54. The van der Waals surface area contributed by atoms with Gasteiger partial charge in [0.05, 0.1) is 12.5 Å². The predicted octanol–water partition coefficient (Wildman–Crippen LogP) is 2.89. The maximum absolute atomic E-state index is 12.2. The Bertz CT molecular complexity index is 712. The molecule has 1 atom stereocenters. The fourth-order valence-electron chi connectivity index (χ4n) is 2.91. The lowest BCUT2D eigenvalue weighted by Gasteiger charge is -2.21. The first-order valence-corrected chi connectivity index (χ1v) is 9.09. The average molecular weight is 355 g/mol. The number of para-hydroxylation sites is 2. The van der Waals surface area contributed by atoms with E-state index in [-0.39, 0.29) is 11.8 Å². The second-order valence-corrected chi connectivity index (χ2v) is 6.25. The number of nitrogens with one attached hydrogen (secondary N) is 2. The summed E-state index contributed by atoms with van der Waals surface area (Å²) in [5, 5.41) is 6.24. The minimum absolute atomic E-state index is 0.0642. The lowest BCUT2D eigenvalue weighted by molar-refractivity contribution is -0.125. The van der Waals surface area contributed by atoms with Crippen LogP contribution in [0.1, 0.15) is 25.3 Å². The van der Waals surface area contributed by atoms with Gasteiger partial charge in [-0.2, -0.15) is 0 Å². The van der Waals surface area contributed by atoms with Crippen molar-refractivity contribution in [2.75, 3.05) is 19.7 Å². The predicted molar refractivity (Wildman–Crippen MR) is 99.4 cm³/mol. The van der Waals surface area contributed by atoms with E-state index in [9.17, 15) is 4.79 Å². The van der Waals surface area contributed by atoms with Gasteiger partial charge in [0.2, 0.25) is 11.8 Å². The van der Waals surface area contributed by atoms with Crippen molar-refractivity contribution < 1.29 is 14.3 Å². The van der Waals surface area contributed by atoms with Crippen LogP contribution in [0.25, 0.3) is 0 Å². The van der Waals surface area contributed by atoms with Crippen molar-refractivity contribution in [2.45, 2.75) is 26.3 Å². The first-order valence-electron chi connectivity index (χ1n) is 9.09. The van der Waals surface area contributed by atoms with Gasteiger partial charge in [-0.15, -0.1) is 0 Å². The van der Waals surface area contributed by atoms with Gasteiger partial charge in [-0.1, -0.05) is 18.2 Å².